The molecule has 0 N–H and O–H groups in total. The Hall–Kier alpha value is -1.41. The molecule has 142 valence electrons. The minimum Gasteiger partial charge on any atom is -0.201 e. The largest absolute Gasteiger partial charge is 0.212 e. The minimum atomic E-state index is -1.42. The Morgan fingerprint density at radius 3 is 2.08 bits per heavy atom. The lowest BCUT2D eigenvalue weighted by Gasteiger charge is -2.25. The number of hydrogen-bond acceptors (Lipinski definition) is 0. The van der Waals surface area contributed by atoms with E-state index in [2.05, 4.69) is 96.3 Å². The number of nitrogens with zero attached hydrogens (tertiary/aromatic N) is 1. The first-order valence-corrected chi connectivity index (χ1v) is 13.7. The first-order chi connectivity index (χ1) is 12.1. The monoisotopic (exact) mass is 368 g/mol. The molecule has 1 aromatic heterocycles. The van der Waals surface area contributed by atoms with Crippen molar-refractivity contribution in [2.75, 3.05) is 0 Å². The molecule has 0 spiro atoms. The quantitative estimate of drug-likeness (QED) is 0.431. The Labute approximate surface area is 162 Å². The lowest BCUT2D eigenvalue weighted by Crippen LogP contribution is -2.45. The van der Waals surface area contributed by atoms with E-state index >= 15 is 0 Å². The highest BCUT2D eigenvalue weighted by Crippen LogP contribution is 2.28. The number of benzene rings is 1. The Balaban J connectivity index is 2.68. The minimum absolute atomic E-state index is 0.575. The molecule has 0 aliphatic carbocycles. The van der Waals surface area contributed by atoms with E-state index in [1.807, 2.05) is 0 Å². The Kier molecular flexibility index (Phi) is 6.49. The van der Waals surface area contributed by atoms with Gasteiger partial charge in [-0.15, -0.1) is 0 Å². The molecule has 0 amide bonds. The zero-order valence-electron chi connectivity index (χ0n) is 18.4. The summed E-state index contributed by atoms with van der Waals surface area (Å²) < 4.78 is 2.36. The van der Waals surface area contributed by atoms with Gasteiger partial charge in [0, 0.05) is 17.2 Å². The van der Waals surface area contributed by atoms with Gasteiger partial charge in [0.05, 0.1) is 8.07 Å². The summed E-state index contributed by atoms with van der Waals surface area (Å²) in [4.78, 5) is 0. The molecule has 0 radical (unpaired) electrons. The predicted molar refractivity (Wildman–Crippen MR) is 118 cm³/mol. The third-order valence-corrected chi connectivity index (χ3v) is 7.78. The van der Waals surface area contributed by atoms with E-state index in [-0.39, 0.29) is 0 Å². The van der Waals surface area contributed by atoms with E-state index in [0.29, 0.717) is 11.8 Å². The number of hydrogen-bond donors (Lipinski definition) is 0. The van der Waals surface area contributed by atoms with Gasteiger partial charge in [-0.05, 0) is 54.0 Å². The van der Waals surface area contributed by atoms with Crippen LogP contribution in [0.15, 0.2) is 30.5 Å². The van der Waals surface area contributed by atoms with Gasteiger partial charge in [-0.1, -0.05) is 59.5 Å². The van der Waals surface area contributed by atoms with E-state index in [1.54, 1.807) is 10.8 Å². The van der Waals surface area contributed by atoms with Crippen molar-refractivity contribution in [2.24, 2.45) is 7.05 Å². The highest BCUT2D eigenvalue weighted by molar-refractivity contribution is 6.89. The zero-order chi connectivity index (χ0) is 19.6. The Morgan fingerprint density at radius 2 is 1.62 bits per heavy atom. The molecule has 1 heterocycles. The van der Waals surface area contributed by atoms with Gasteiger partial charge in [0.25, 0.3) is 0 Å². The molecule has 0 fully saturated rings. The summed E-state index contributed by atoms with van der Waals surface area (Å²) in [7, 11) is 0.793. The van der Waals surface area contributed by atoms with Crippen LogP contribution in [0.1, 0.15) is 69.1 Å². The first kappa shape index (κ1) is 20.9. The number of aromatic nitrogens is 1. The van der Waals surface area contributed by atoms with E-state index in [9.17, 15) is 0 Å². The zero-order valence-corrected chi connectivity index (χ0v) is 19.4. The molecule has 0 saturated carbocycles. The number of pyridine rings is 1. The molecule has 0 aliphatic rings. The van der Waals surface area contributed by atoms with E-state index in [0.717, 1.165) is 0 Å². The van der Waals surface area contributed by atoms with Crippen molar-refractivity contribution in [3.63, 3.8) is 0 Å². The average Bonchev–Trinajstić information content (AvgIpc) is 2.55. The van der Waals surface area contributed by atoms with Crippen LogP contribution in [0.2, 0.25) is 19.6 Å². The van der Waals surface area contributed by atoms with Crippen LogP contribution >= 0.6 is 0 Å². The second-order valence-electron chi connectivity index (χ2n) is 9.13. The van der Waals surface area contributed by atoms with Gasteiger partial charge in [-0.3, -0.25) is 0 Å². The molecule has 2 rings (SSSR count). The van der Waals surface area contributed by atoms with Crippen molar-refractivity contribution in [2.45, 2.75) is 78.9 Å². The summed E-state index contributed by atoms with van der Waals surface area (Å²) >= 11 is 0. The Morgan fingerprint density at radius 1 is 1.00 bits per heavy atom. The number of aryl methyl sites for hydroxylation is 2. The molecule has 2 heteroatoms. The Bertz CT molecular complexity index is 765. The van der Waals surface area contributed by atoms with Crippen LogP contribution in [0.4, 0.5) is 0 Å². The first-order valence-electron chi connectivity index (χ1n) is 10.2. The van der Waals surface area contributed by atoms with Gasteiger partial charge in [0.15, 0.2) is 6.20 Å². The molecular formula is C24H38NSi+. The average molecular weight is 369 g/mol. The summed E-state index contributed by atoms with van der Waals surface area (Å²) in [6.45, 7) is 18.9. The van der Waals surface area contributed by atoms with E-state index in [1.165, 1.54) is 35.2 Å². The molecule has 0 atom stereocenters. The van der Waals surface area contributed by atoms with Crippen molar-refractivity contribution >= 4 is 13.3 Å². The van der Waals surface area contributed by atoms with E-state index in [4.69, 9.17) is 0 Å². The van der Waals surface area contributed by atoms with Crippen molar-refractivity contribution < 1.29 is 4.57 Å². The summed E-state index contributed by atoms with van der Waals surface area (Å²) in [5.74, 6) is 1.24. The normalized spacial score (nSPS) is 12.3. The van der Waals surface area contributed by atoms with Crippen LogP contribution in [0.25, 0.3) is 11.3 Å². The maximum absolute atomic E-state index is 2.51. The standard InChI is InChI=1S/C24H38NSi/c1-10-19(11-2)22-16-25(6)23(15-24(22)26(7,8)9)21-13-12-20(17(3)4)14-18(21)5/h12-17,19H,10-11H2,1-9H3/q+1. The molecule has 0 aliphatic heterocycles. The third-order valence-electron chi connectivity index (χ3n) is 5.73. The molecule has 0 unspecified atom stereocenters. The van der Waals surface area contributed by atoms with Gasteiger partial charge >= 0.3 is 0 Å². The van der Waals surface area contributed by atoms with Crippen LogP contribution in [-0.4, -0.2) is 8.07 Å². The van der Waals surface area contributed by atoms with Crippen LogP contribution in [-0.2, 0) is 7.05 Å². The van der Waals surface area contributed by atoms with Crippen LogP contribution in [0.5, 0.6) is 0 Å². The maximum Gasteiger partial charge on any atom is 0.212 e. The van der Waals surface area contributed by atoms with Crippen molar-refractivity contribution in [1.29, 1.82) is 0 Å². The molecule has 0 saturated heterocycles. The SMILES string of the molecule is CCC(CC)c1c[n+](C)c(-c2ccc(C(C)C)cc2C)cc1[Si](C)(C)C. The number of rotatable bonds is 6. The van der Waals surface area contributed by atoms with Crippen molar-refractivity contribution in [1.82, 2.24) is 0 Å². The second-order valence-corrected chi connectivity index (χ2v) is 14.2. The maximum atomic E-state index is 2.51. The van der Waals surface area contributed by atoms with Gasteiger partial charge in [-0.2, -0.15) is 0 Å². The fourth-order valence-corrected chi connectivity index (χ4v) is 5.68. The van der Waals surface area contributed by atoms with Gasteiger partial charge < -0.3 is 0 Å². The van der Waals surface area contributed by atoms with Crippen LogP contribution in [0, 0.1) is 6.92 Å². The van der Waals surface area contributed by atoms with Crippen molar-refractivity contribution in [3.8, 4) is 11.3 Å². The second kappa shape index (κ2) is 8.08. The highest BCUT2D eigenvalue weighted by atomic mass is 28.3. The topological polar surface area (TPSA) is 3.88 Å². The van der Waals surface area contributed by atoms with Crippen LogP contribution < -0.4 is 9.75 Å². The molecule has 2 aromatic rings. The van der Waals surface area contributed by atoms with Crippen molar-refractivity contribution in [3.05, 3.63) is 47.2 Å². The summed E-state index contributed by atoms with van der Waals surface area (Å²) in [5.41, 5.74) is 7.10. The molecular weight excluding hydrogens is 330 g/mol. The van der Waals surface area contributed by atoms with Gasteiger partial charge in [-0.25, -0.2) is 4.57 Å². The lowest BCUT2D eigenvalue weighted by atomic mass is 9.93. The van der Waals surface area contributed by atoms with E-state index < -0.39 is 8.07 Å². The smallest absolute Gasteiger partial charge is 0.201 e. The highest BCUT2D eigenvalue weighted by Gasteiger charge is 2.28. The molecule has 1 aromatic carbocycles. The summed E-state index contributed by atoms with van der Waals surface area (Å²) in [6.07, 6.45) is 4.86. The molecule has 1 nitrogen and oxygen atoms in total. The molecule has 26 heavy (non-hydrogen) atoms. The fraction of sp³-hybridized carbons (Fsp3) is 0.542. The molecule has 0 bridgehead atoms. The summed E-state index contributed by atoms with van der Waals surface area (Å²) in [5, 5.41) is 1.63. The lowest BCUT2D eigenvalue weighted by molar-refractivity contribution is -0.660. The fourth-order valence-electron chi connectivity index (χ4n) is 3.97. The third kappa shape index (κ3) is 4.28. The summed E-state index contributed by atoms with van der Waals surface area (Å²) in [6, 6.07) is 9.50. The van der Waals surface area contributed by atoms with Gasteiger partial charge in [0.1, 0.15) is 7.05 Å². The van der Waals surface area contributed by atoms with Crippen LogP contribution in [0.3, 0.4) is 0 Å². The van der Waals surface area contributed by atoms with Gasteiger partial charge in [0.2, 0.25) is 5.69 Å². The predicted octanol–water partition coefficient (Wildman–Crippen LogP) is 6.06.